The Bertz CT molecular complexity index is 441. The molecule has 1 saturated carbocycles. The molecular formula is C18H28O5. The molecule has 1 rings (SSSR count). The fraction of sp³-hybridized carbons (Fsp3) is 0.667. The van der Waals surface area contributed by atoms with Crippen LogP contribution in [0.3, 0.4) is 0 Å². The van der Waals surface area contributed by atoms with E-state index in [0.29, 0.717) is 25.7 Å². The van der Waals surface area contributed by atoms with E-state index in [1.54, 1.807) is 12.2 Å². The predicted octanol–water partition coefficient (Wildman–Crippen LogP) is 2.47. The number of aliphatic carboxylic acids is 1. The van der Waals surface area contributed by atoms with E-state index in [1.807, 2.05) is 19.1 Å². The number of allylic oxidation sites excluding steroid dienone is 2. The van der Waals surface area contributed by atoms with E-state index in [1.165, 1.54) is 0 Å². The number of carbonyl (C=O) groups excluding carboxylic acids is 1. The summed E-state index contributed by atoms with van der Waals surface area (Å²) in [5.74, 6) is -1.38. The number of unbranched alkanes of at least 4 members (excludes halogenated alkanes) is 1. The second kappa shape index (κ2) is 10.3. The lowest BCUT2D eigenvalue weighted by molar-refractivity contribution is -0.137. The predicted molar refractivity (Wildman–Crippen MR) is 87.9 cm³/mol. The zero-order valence-corrected chi connectivity index (χ0v) is 13.7. The first-order valence-corrected chi connectivity index (χ1v) is 8.39. The van der Waals surface area contributed by atoms with E-state index in [2.05, 4.69) is 0 Å². The third kappa shape index (κ3) is 7.10. The van der Waals surface area contributed by atoms with E-state index in [9.17, 15) is 19.8 Å². The molecule has 1 aliphatic carbocycles. The summed E-state index contributed by atoms with van der Waals surface area (Å²) >= 11 is 0. The van der Waals surface area contributed by atoms with Crippen LogP contribution < -0.4 is 0 Å². The summed E-state index contributed by atoms with van der Waals surface area (Å²) in [6, 6.07) is 0. The molecule has 0 aromatic heterocycles. The second-order valence-corrected chi connectivity index (χ2v) is 6.13. The first-order valence-electron chi connectivity index (χ1n) is 8.39. The van der Waals surface area contributed by atoms with Crippen LogP contribution >= 0.6 is 0 Å². The minimum Gasteiger partial charge on any atom is -0.481 e. The molecule has 0 bridgehead atoms. The van der Waals surface area contributed by atoms with Gasteiger partial charge in [-0.3, -0.25) is 9.59 Å². The van der Waals surface area contributed by atoms with Crippen molar-refractivity contribution in [2.75, 3.05) is 0 Å². The Morgan fingerprint density at radius 2 is 2.09 bits per heavy atom. The summed E-state index contributed by atoms with van der Waals surface area (Å²) in [6.07, 6.45) is 9.47. The molecule has 0 heterocycles. The highest BCUT2D eigenvalue weighted by Crippen LogP contribution is 2.34. The summed E-state index contributed by atoms with van der Waals surface area (Å²) in [6.45, 7) is 2.02. The van der Waals surface area contributed by atoms with Gasteiger partial charge >= 0.3 is 5.97 Å². The van der Waals surface area contributed by atoms with Crippen LogP contribution in [0.1, 0.15) is 51.9 Å². The number of rotatable bonds is 10. The normalized spacial score (nSPS) is 26.4. The van der Waals surface area contributed by atoms with Crippen molar-refractivity contribution < 1.29 is 24.9 Å². The number of carboxylic acids is 1. The Morgan fingerprint density at radius 1 is 1.35 bits per heavy atom. The van der Waals surface area contributed by atoms with E-state index in [4.69, 9.17) is 5.11 Å². The van der Waals surface area contributed by atoms with E-state index < -0.39 is 18.2 Å². The second-order valence-electron chi connectivity index (χ2n) is 6.13. The summed E-state index contributed by atoms with van der Waals surface area (Å²) < 4.78 is 0. The number of carbonyl (C=O) groups is 2. The van der Waals surface area contributed by atoms with Gasteiger partial charge in [0.2, 0.25) is 0 Å². The van der Waals surface area contributed by atoms with E-state index in [-0.39, 0.29) is 30.5 Å². The standard InChI is InChI=1S/C18H28O5/c1-2-3-4-7-13(19)10-11-15-14(16(20)12-17(15)21)8-5-6-9-18(22)23/h3-4,10-11,13-16,19-20H,2,5-9,12H2,1H3,(H,22,23)/b4-3-,11-10+/t13-,14-,15+,16-/m1/s1. The first kappa shape index (κ1) is 19.6. The number of hydrogen-bond donors (Lipinski definition) is 3. The molecule has 0 unspecified atom stereocenters. The Labute approximate surface area is 137 Å². The molecule has 1 aliphatic rings. The van der Waals surface area contributed by atoms with Crippen molar-refractivity contribution in [1.29, 1.82) is 0 Å². The highest BCUT2D eigenvalue weighted by molar-refractivity contribution is 5.85. The maximum atomic E-state index is 12.0. The number of hydrogen-bond acceptors (Lipinski definition) is 4. The quantitative estimate of drug-likeness (QED) is 0.424. The van der Waals surface area contributed by atoms with Gasteiger partial charge in [0.15, 0.2) is 0 Å². The lowest BCUT2D eigenvalue weighted by atomic mass is 9.88. The van der Waals surface area contributed by atoms with Crippen molar-refractivity contribution in [3.63, 3.8) is 0 Å². The van der Waals surface area contributed by atoms with Crippen LogP contribution in [0.25, 0.3) is 0 Å². The molecule has 0 spiro atoms. The molecule has 0 saturated heterocycles. The molecule has 5 nitrogen and oxygen atoms in total. The van der Waals surface area contributed by atoms with Crippen LogP contribution in [0.5, 0.6) is 0 Å². The number of aliphatic hydroxyl groups excluding tert-OH is 2. The van der Waals surface area contributed by atoms with Crippen molar-refractivity contribution >= 4 is 11.8 Å². The van der Waals surface area contributed by atoms with Crippen LogP contribution in [0.15, 0.2) is 24.3 Å². The van der Waals surface area contributed by atoms with Crippen molar-refractivity contribution in [3.8, 4) is 0 Å². The Hall–Kier alpha value is -1.46. The highest BCUT2D eigenvalue weighted by atomic mass is 16.4. The first-order chi connectivity index (χ1) is 11.0. The van der Waals surface area contributed by atoms with E-state index >= 15 is 0 Å². The Kier molecular flexibility index (Phi) is 8.81. The SMILES string of the molecule is CC/C=C\C[C@@H](O)/C=C/[C@@H]1C(=O)C[C@@H](O)[C@@H]1CCCCC(=O)O. The molecule has 1 fully saturated rings. The average molecular weight is 324 g/mol. The topological polar surface area (TPSA) is 94.8 Å². The van der Waals surface area contributed by atoms with Gasteiger partial charge in [-0.2, -0.15) is 0 Å². The summed E-state index contributed by atoms with van der Waals surface area (Å²) in [7, 11) is 0. The smallest absolute Gasteiger partial charge is 0.303 e. The average Bonchev–Trinajstić information content (AvgIpc) is 2.75. The molecule has 23 heavy (non-hydrogen) atoms. The molecule has 0 aromatic rings. The zero-order valence-electron chi connectivity index (χ0n) is 13.7. The minimum atomic E-state index is -0.826. The van der Waals surface area contributed by atoms with Gasteiger partial charge in [-0.25, -0.2) is 0 Å². The zero-order chi connectivity index (χ0) is 17.2. The van der Waals surface area contributed by atoms with Gasteiger partial charge in [0.25, 0.3) is 0 Å². The monoisotopic (exact) mass is 324 g/mol. The van der Waals surface area contributed by atoms with E-state index in [0.717, 1.165) is 6.42 Å². The minimum absolute atomic E-state index is 0.00622. The van der Waals surface area contributed by atoms with Crippen LogP contribution in [-0.4, -0.2) is 39.3 Å². The van der Waals surface area contributed by atoms with Crippen molar-refractivity contribution in [2.24, 2.45) is 11.8 Å². The van der Waals surface area contributed by atoms with Gasteiger partial charge in [0.05, 0.1) is 12.2 Å². The molecular weight excluding hydrogens is 296 g/mol. The van der Waals surface area contributed by atoms with Crippen molar-refractivity contribution in [2.45, 2.75) is 64.1 Å². The summed E-state index contributed by atoms with van der Waals surface area (Å²) in [5.41, 5.74) is 0. The van der Waals surface area contributed by atoms with Crippen LogP contribution in [0, 0.1) is 11.8 Å². The Morgan fingerprint density at radius 3 is 2.74 bits per heavy atom. The Balaban J connectivity index is 2.53. The summed E-state index contributed by atoms with van der Waals surface area (Å²) in [4.78, 5) is 22.5. The third-order valence-electron chi connectivity index (χ3n) is 4.24. The fourth-order valence-corrected chi connectivity index (χ4v) is 2.98. The molecule has 0 aliphatic heterocycles. The maximum absolute atomic E-state index is 12.0. The number of carboxylic acid groups (broad SMARTS) is 1. The molecule has 130 valence electrons. The fourth-order valence-electron chi connectivity index (χ4n) is 2.98. The third-order valence-corrected chi connectivity index (χ3v) is 4.24. The highest BCUT2D eigenvalue weighted by Gasteiger charge is 2.39. The van der Waals surface area contributed by atoms with Crippen molar-refractivity contribution in [3.05, 3.63) is 24.3 Å². The molecule has 0 aromatic carbocycles. The molecule has 3 N–H and O–H groups in total. The lowest BCUT2D eigenvalue weighted by Crippen LogP contribution is -2.19. The van der Waals surface area contributed by atoms with Gasteiger partial charge in [0.1, 0.15) is 5.78 Å². The van der Waals surface area contributed by atoms with Crippen LogP contribution in [0.2, 0.25) is 0 Å². The maximum Gasteiger partial charge on any atom is 0.303 e. The molecule has 0 radical (unpaired) electrons. The largest absolute Gasteiger partial charge is 0.481 e. The van der Waals surface area contributed by atoms with Crippen LogP contribution in [-0.2, 0) is 9.59 Å². The number of aliphatic hydroxyl groups is 2. The van der Waals surface area contributed by atoms with Crippen molar-refractivity contribution in [1.82, 2.24) is 0 Å². The summed E-state index contributed by atoms with van der Waals surface area (Å²) in [5, 5.41) is 28.5. The van der Waals surface area contributed by atoms with Gasteiger partial charge < -0.3 is 15.3 Å². The number of ketones is 1. The van der Waals surface area contributed by atoms with Gasteiger partial charge in [0, 0.05) is 18.8 Å². The molecule has 0 amide bonds. The van der Waals surface area contributed by atoms with Gasteiger partial charge in [-0.05, 0) is 31.6 Å². The lowest BCUT2D eigenvalue weighted by Gasteiger charge is -2.18. The van der Waals surface area contributed by atoms with Crippen LogP contribution in [0.4, 0.5) is 0 Å². The van der Waals surface area contributed by atoms with Gasteiger partial charge in [-0.1, -0.05) is 37.6 Å². The molecule has 4 atom stereocenters. The molecule has 5 heteroatoms. The number of Topliss-reactive ketones (excluding diaryl/α,β-unsaturated/α-hetero) is 1. The van der Waals surface area contributed by atoms with Gasteiger partial charge in [-0.15, -0.1) is 0 Å².